The molecule has 2 aromatic heterocycles. The molecule has 9 rings (SSSR count). The van der Waals surface area contributed by atoms with E-state index in [1.54, 1.807) is 0 Å². The minimum atomic E-state index is 0.650. The molecule has 0 spiro atoms. The van der Waals surface area contributed by atoms with Gasteiger partial charge in [0.2, 0.25) is 0 Å². The molecular formula is C45H32N4. The van der Waals surface area contributed by atoms with Gasteiger partial charge in [-0.15, -0.1) is 0 Å². The van der Waals surface area contributed by atoms with Gasteiger partial charge < -0.3 is 4.57 Å². The summed E-state index contributed by atoms with van der Waals surface area (Å²) in [6, 6.07) is 55.5. The molecule has 0 radical (unpaired) electrons. The van der Waals surface area contributed by atoms with E-state index in [9.17, 15) is 0 Å². The van der Waals surface area contributed by atoms with Crippen molar-refractivity contribution in [3.63, 3.8) is 0 Å². The Kier molecular flexibility index (Phi) is 6.87. The van der Waals surface area contributed by atoms with Crippen molar-refractivity contribution in [3.05, 3.63) is 169 Å². The predicted octanol–water partition coefficient (Wildman–Crippen LogP) is 11.4. The fourth-order valence-electron chi connectivity index (χ4n) is 7.06. The second-order valence-electron chi connectivity index (χ2n) is 12.6. The molecule has 232 valence electrons. The van der Waals surface area contributed by atoms with Gasteiger partial charge in [-0.3, -0.25) is 0 Å². The van der Waals surface area contributed by atoms with Gasteiger partial charge in [-0.2, -0.15) is 0 Å². The standard InChI is InChI=1S/C45H32N4/c1-29-21-25-41-38(27-29)39-28-30(2)22-26-42(39)49(41)40-20-12-11-19-36(40)35-23-24-37(34-18-10-9-17-33(34)35)45-47-43(31-13-5-3-6-14-31)46-44(48-45)32-15-7-4-8-16-32/h3-28H,1-2H3. The topological polar surface area (TPSA) is 43.6 Å². The highest BCUT2D eigenvalue weighted by Gasteiger charge is 2.19. The fraction of sp³-hybridized carbons (Fsp3) is 0.0444. The summed E-state index contributed by atoms with van der Waals surface area (Å²) in [7, 11) is 0. The molecule has 4 nitrogen and oxygen atoms in total. The third kappa shape index (κ3) is 4.97. The molecule has 0 N–H and O–H groups in total. The van der Waals surface area contributed by atoms with E-state index in [1.165, 1.54) is 32.9 Å². The van der Waals surface area contributed by atoms with Crippen LogP contribution in [0, 0.1) is 13.8 Å². The monoisotopic (exact) mass is 628 g/mol. The molecule has 0 saturated heterocycles. The molecule has 9 aromatic rings. The number of nitrogens with zero attached hydrogens (tertiary/aromatic N) is 4. The Morgan fingerprint density at radius 3 is 1.43 bits per heavy atom. The lowest BCUT2D eigenvalue weighted by Gasteiger charge is -2.17. The Bertz CT molecular complexity index is 2560. The Labute approximate surface area is 285 Å². The zero-order valence-electron chi connectivity index (χ0n) is 27.3. The Morgan fingerprint density at radius 2 is 0.837 bits per heavy atom. The number of aromatic nitrogens is 4. The Hall–Kier alpha value is -6.39. The van der Waals surface area contributed by atoms with Crippen LogP contribution < -0.4 is 0 Å². The van der Waals surface area contributed by atoms with Gasteiger partial charge in [0, 0.05) is 33.0 Å². The van der Waals surface area contributed by atoms with Crippen LogP contribution in [-0.2, 0) is 0 Å². The minimum Gasteiger partial charge on any atom is -0.309 e. The molecule has 0 fully saturated rings. The number of hydrogen-bond acceptors (Lipinski definition) is 3. The van der Waals surface area contributed by atoms with Crippen LogP contribution in [0.3, 0.4) is 0 Å². The molecule has 0 amide bonds. The average Bonchev–Trinajstić information content (AvgIpc) is 3.47. The zero-order valence-corrected chi connectivity index (χ0v) is 27.3. The largest absolute Gasteiger partial charge is 0.309 e. The summed E-state index contributed by atoms with van der Waals surface area (Å²) in [5, 5.41) is 4.77. The van der Waals surface area contributed by atoms with Crippen LogP contribution in [0.4, 0.5) is 0 Å². The maximum atomic E-state index is 5.07. The molecule has 4 heteroatoms. The molecule has 0 aliphatic heterocycles. The van der Waals surface area contributed by atoms with E-state index in [-0.39, 0.29) is 0 Å². The van der Waals surface area contributed by atoms with Gasteiger partial charge in [0.05, 0.1) is 16.7 Å². The van der Waals surface area contributed by atoms with Crippen molar-refractivity contribution in [2.24, 2.45) is 0 Å². The first-order valence-electron chi connectivity index (χ1n) is 16.6. The van der Waals surface area contributed by atoms with Crippen LogP contribution in [-0.4, -0.2) is 19.5 Å². The normalized spacial score (nSPS) is 11.5. The molecule has 0 aliphatic rings. The molecule has 49 heavy (non-hydrogen) atoms. The lowest BCUT2D eigenvalue weighted by atomic mass is 9.93. The van der Waals surface area contributed by atoms with E-state index < -0.39 is 0 Å². The number of para-hydroxylation sites is 1. The maximum Gasteiger partial charge on any atom is 0.164 e. The van der Waals surface area contributed by atoms with Gasteiger partial charge in [-0.25, -0.2) is 15.0 Å². The third-order valence-electron chi connectivity index (χ3n) is 9.38. The number of rotatable bonds is 5. The average molecular weight is 629 g/mol. The Balaban J connectivity index is 1.27. The first-order valence-corrected chi connectivity index (χ1v) is 16.6. The lowest BCUT2D eigenvalue weighted by molar-refractivity contribution is 1.08. The first-order chi connectivity index (χ1) is 24.1. The van der Waals surface area contributed by atoms with Crippen LogP contribution in [0.25, 0.3) is 83.6 Å². The van der Waals surface area contributed by atoms with Gasteiger partial charge in [-0.1, -0.05) is 132 Å². The van der Waals surface area contributed by atoms with E-state index >= 15 is 0 Å². The van der Waals surface area contributed by atoms with Gasteiger partial charge in [0.15, 0.2) is 17.5 Å². The van der Waals surface area contributed by atoms with E-state index in [4.69, 9.17) is 15.0 Å². The number of fused-ring (bicyclic) bond motifs is 4. The molecule has 0 unspecified atom stereocenters. The lowest BCUT2D eigenvalue weighted by Crippen LogP contribution is -2.01. The SMILES string of the molecule is Cc1ccc2c(c1)c1cc(C)ccc1n2-c1ccccc1-c1ccc(-c2nc(-c3ccccc3)nc(-c3ccccc3)n2)c2ccccc12. The quantitative estimate of drug-likeness (QED) is 0.190. The van der Waals surface area contributed by atoms with Crippen molar-refractivity contribution in [1.29, 1.82) is 0 Å². The number of hydrogen-bond donors (Lipinski definition) is 0. The molecule has 0 atom stereocenters. The summed E-state index contributed by atoms with van der Waals surface area (Å²) in [4.78, 5) is 15.1. The first kappa shape index (κ1) is 28.8. The summed E-state index contributed by atoms with van der Waals surface area (Å²) in [6.45, 7) is 4.33. The summed E-state index contributed by atoms with van der Waals surface area (Å²) in [5.74, 6) is 1.96. The molecule has 0 bridgehead atoms. The summed E-state index contributed by atoms with van der Waals surface area (Å²) in [5.41, 5.74) is 11.3. The third-order valence-corrected chi connectivity index (χ3v) is 9.38. The Morgan fingerprint density at radius 1 is 0.367 bits per heavy atom. The second kappa shape index (κ2) is 11.7. The van der Waals surface area contributed by atoms with Crippen molar-refractivity contribution in [3.8, 4) is 51.0 Å². The predicted molar refractivity (Wildman–Crippen MR) is 203 cm³/mol. The van der Waals surface area contributed by atoms with E-state index in [0.717, 1.165) is 44.3 Å². The van der Waals surface area contributed by atoms with Crippen LogP contribution in [0.1, 0.15) is 11.1 Å². The minimum absolute atomic E-state index is 0.650. The summed E-state index contributed by atoms with van der Waals surface area (Å²) >= 11 is 0. The molecule has 0 saturated carbocycles. The highest BCUT2D eigenvalue weighted by Crippen LogP contribution is 2.41. The highest BCUT2D eigenvalue weighted by molar-refractivity contribution is 6.11. The second-order valence-corrected chi connectivity index (χ2v) is 12.6. The van der Waals surface area contributed by atoms with Crippen molar-refractivity contribution >= 4 is 32.6 Å². The summed E-state index contributed by atoms with van der Waals surface area (Å²) < 4.78 is 2.42. The van der Waals surface area contributed by atoms with Crippen LogP contribution in [0.5, 0.6) is 0 Å². The van der Waals surface area contributed by atoms with Gasteiger partial charge in [0.1, 0.15) is 0 Å². The van der Waals surface area contributed by atoms with Gasteiger partial charge in [-0.05, 0) is 66.6 Å². The van der Waals surface area contributed by atoms with Crippen molar-refractivity contribution in [1.82, 2.24) is 19.5 Å². The molecular weight excluding hydrogens is 597 g/mol. The van der Waals surface area contributed by atoms with E-state index in [0.29, 0.717) is 17.5 Å². The van der Waals surface area contributed by atoms with Crippen LogP contribution in [0.2, 0.25) is 0 Å². The summed E-state index contributed by atoms with van der Waals surface area (Å²) in [6.07, 6.45) is 0. The van der Waals surface area contributed by atoms with Crippen LogP contribution in [0.15, 0.2) is 158 Å². The highest BCUT2D eigenvalue weighted by atomic mass is 15.0. The number of benzene rings is 7. The van der Waals surface area contributed by atoms with E-state index in [1.807, 2.05) is 60.7 Å². The van der Waals surface area contributed by atoms with Gasteiger partial charge in [0.25, 0.3) is 0 Å². The van der Waals surface area contributed by atoms with Gasteiger partial charge >= 0.3 is 0 Å². The number of aryl methyl sites for hydroxylation is 2. The fourth-order valence-corrected chi connectivity index (χ4v) is 7.06. The molecule has 2 heterocycles. The van der Waals surface area contributed by atoms with Crippen molar-refractivity contribution in [2.45, 2.75) is 13.8 Å². The molecule has 0 aliphatic carbocycles. The van der Waals surface area contributed by atoms with Crippen molar-refractivity contribution < 1.29 is 0 Å². The smallest absolute Gasteiger partial charge is 0.164 e. The zero-order chi connectivity index (χ0) is 32.9. The van der Waals surface area contributed by atoms with Crippen LogP contribution >= 0.6 is 0 Å². The van der Waals surface area contributed by atoms with E-state index in [2.05, 4.69) is 115 Å². The maximum absolute atomic E-state index is 5.07. The molecule has 7 aromatic carbocycles. The van der Waals surface area contributed by atoms with Crippen molar-refractivity contribution in [2.75, 3.05) is 0 Å².